The van der Waals surface area contributed by atoms with Crippen LogP contribution >= 0.6 is 0 Å². The summed E-state index contributed by atoms with van der Waals surface area (Å²) >= 11 is 0. The van der Waals surface area contributed by atoms with Gasteiger partial charge in [-0.3, -0.25) is 4.79 Å². The lowest BCUT2D eigenvalue weighted by Gasteiger charge is -2.07. The van der Waals surface area contributed by atoms with Crippen LogP contribution in [0.2, 0.25) is 0 Å². The van der Waals surface area contributed by atoms with Crippen LogP contribution in [0.5, 0.6) is 5.75 Å². The van der Waals surface area contributed by atoms with E-state index in [-0.39, 0.29) is 18.2 Å². The number of nitrogens with one attached hydrogen (secondary N) is 1. The van der Waals surface area contributed by atoms with Crippen molar-refractivity contribution in [2.45, 2.75) is 13.5 Å². The lowest BCUT2D eigenvalue weighted by atomic mass is 10.2. The summed E-state index contributed by atoms with van der Waals surface area (Å²) in [6.45, 7) is 1.92. The molecule has 0 aliphatic rings. The largest absolute Gasteiger partial charge is 0.506 e. The summed E-state index contributed by atoms with van der Waals surface area (Å²) < 4.78 is 1.40. The number of benzene rings is 1. The quantitative estimate of drug-likeness (QED) is 0.771. The van der Waals surface area contributed by atoms with Gasteiger partial charge in [0.15, 0.2) is 0 Å². The lowest BCUT2D eigenvalue weighted by molar-refractivity contribution is -0.116. The molecule has 0 aliphatic carbocycles. The molecule has 0 radical (unpaired) electrons. The molecule has 2 rings (SSSR count). The van der Waals surface area contributed by atoms with E-state index >= 15 is 0 Å². The Labute approximate surface area is 97.9 Å². The summed E-state index contributed by atoms with van der Waals surface area (Å²) in [7, 11) is 0. The Morgan fingerprint density at radius 2 is 2.35 bits per heavy atom. The second-order valence-electron chi connectivity index (χ2n) is 3.67. The van der Waals surface area contributed by atoms with E-state index in [1.165, 1.54) is 10.9 Å². The number of phenols is 1. The van der Waals surface area contributed by atoms with Gasteiger partial charge in [0.25, 0.3) is 0 Å². The van der Waals surface area contributed by atoms with Gasteiger partial charge >= 0.3 is 0 Å². The van der Waals surface area contributed by atoms with E-state index in [0.29, 0.717) is 5.69 Å². The van der Waals surface area contributed by atoms with Gasteiger partial charge in [-0.2, -0.15) is 0 Å². The van der Waals surface area contributed by atoms with Gasteiger partial charge in [-0.1, -0.05) is 11.3 Å². The minimum absolute atomic E-state index is 0.0527. The number of nitrogens with zero attached hydrogens (tertiary/aromatic N) is 3. The zero-order valence-corrected chi connectivity index (χ0v) is 9.29. The van der Waals surface area contributed by atoms with Gasteiger partial charge in [-0.15, -0.1) is 5.10 Å². The Bertz CT molecular complexity index is 522. The van der Waals surface area contributed by atoms with Crippen molar-refractivity contribution in [1.29, 1.82) is 0 Å². The molecule has 1 aromatic heterocycles. The Morgan fingerprint density at radius 1 is 1.53 bits per heavy atom. The molecule has 0 bridgehead atoms. The molecule has 17 heavy (non-hydrogen) atoms. The smallest absolute Gasteiger partial charge is 0.246 e. The average Bonchev–Trinajstić information content (AvgIpc) is 2.75. The van der Waals surface area contributed by atoms with Crippen molar-refractivity contribution in [3.8, 4) is 5.75 Å². The van der Waals surface area contributed by atoms with Gasteiger partial charge in [0.1, 0.15) is 12.3 Å². The predicted molar refractivity (Wildman–Crippen MR) is 61.5 cm³/mol. The number of amides is 1. The first kappa shape index (κ1) is 11.1. The van der Waals surface area contributed by atoms with Crippen LogP contribution in [-0.4, -0.2) is 26.0 Å². The van der Waals surface area contributed by atoms with Crippen molar-refractivity contribution in [3.05, 3.63) is 36.2 Å². The second-order valence-corrected chi connectivity index (χ2v) is 3.67. The monoisotopic (exact) mass is 232 g/mol. The minimum atomic E-state index is -0.269. The molecule has 0 fully saturated rings. The first-order chi connectivity index (χ1) is 8.15. The van der Waals surface area contributed by atoms with Gasteiger partial charge in [-0.05, 0) is 24.6 Å². The zero-order chi connectivity index (χ0) is 12.3. The molecule has 0 unspecified atom stereocenters. The number of hydrogen-bond acceptors (Lipinski definition) is 4. The molecule has 6 heteroatoms. The SMILES string of the molecule is Cc1ccc(NC(=O)Cn2ccnn2)c(O)c1. The predicted octanol–water partition coefficient (Wildman–Crippen LogP) is 0.931. The van der Waals surface area contributed by atoms with E-state index in [1.54, 1.807) is 18.3 Å². The number of hydrogen-bond donors (Lipinski definition) is 2. The van der Waals surface area contributed by atoms with Crippen molar-refractivity contribution in [3.63, 3.8) is 0 Å². The number of carbonyl (C=O) groups excluding carboxylic acids is 1. The van der Waals surface area contributed by atoms with Gasteiger partial charge < -0.3 is 10.4 Å². The third-order valence-corrected chi connectivity index (χ3v) is 2.20. The maximum Gasteiger partial charge on any atom is 0.246 e. The van der Waals surface area contributed by atoms with Crippen LogP contribution in [0.1, 0.15) is 5.56 Å². The van der Waals surface area contributed by atoms with Crippen LogP contribution in [0.15, 0.2) is 30.6 Å². The number of carbonyl (C=O) groups is 1. The van der Waals surface area contributed by atoms with E-state index in [9.17, 15) is 9.90 Å². The first-order valence-electron chi connectivity index (χ1n) is 5.09. The molecule has 6 nitrogen and oxygen atoms in total. The lowest BCUT2D eigenvalue weighted by Crippen LogP contribution is -2.19. The fourth-order valence-corrected chi connectivity index (χ4v) is 1.40. The maximum atomic E-state index is 11.6. The van der Waals surface area contributed by atoms with Crippen molar-refractivity contribution in [1.82, 2.24) is 15.0 Å². The highest BCUT2D eigenvalue weighted by molar-refractivity contribution is 5.92. The molecule has 88 valence electrons. The maximum absolute atomic E-state index is 11.6. The number of phenolic OH excluding ortho intramolecular Hbond substituents is 1. The summed E-state index contributed by atoms with van der Waals surface area (Å²) in [6.07, 6.45) is 3.09. The third kappa shape index (κ3) is 2.81. The summed E-state index contributed by atoms with van der Waals surface area (Å²) in [5, 5.41) is 19.5. The zero-order valence-electron chi connectivity index (χ0n) is 9.29. The van der Waals surface area contributed by atoms with Crippen LogP contribution in [0.4, 0.5) is 5.69 Å². The topological polar surface area (TPSA) is 80.0 Å². The Morgan fingerprint density at radius 3 is 3.00 bits per heavy atom. The number of aromatic hydroxyl groups is 1. The van der Waals surface area contributed by atoms with Gasteiger partial charge in [0, 0.05) is 6.20 Å². The highest BCUT2D eigenvalue weighted by Crippen LogP contribution is 2.23. The van der Waals surface area contributed by atoms with Gasteiger partial charge in [0.05, 0.1) is 11.9 Å². The molecule has 1 aromatic carbocycles. The number of aryl methyl sites for hydroxylation is 1. The van der Waals surface area contributed by atoms with E-state index < -0.39 is 0 Å². The van der Waals surface area contributed by atoms with Crippen molar-refractivity contribution in [2.24, 2.45) is 0 Å². The van der Waals surface area contributed by atoms with Crippen molar-refractivity contribution >= 4 is 11.6 Å². The molecule has 2 aromatic rings. The third-order valence-electron chi connectivity index (χ3n) is 2.20. The van der Waals surface area contributed by atoms with Gasteiger partial charge in [0.2, 0.25) is 5.91 Å². The molecule has 0 saturated carbocycles. The Balaban J connectivity index is 2.03. The van der Waals surface area contributed by atoms with Crippen LogP contribution < -0.4 is 5.32 Å². The first-order valence-corrected chi connectivity index (χ1v) is 5.09. The highest BCUT2D eigenvalue weighted by atomic mass is 16.3. The molecule has 1 heterocycles. The van der Waals surface area contributed by atoms with Crippen LogP contribution in [0.25, 0.3) is 0 Å². The fourth-order valence-electron chi connectivity index (χ4n) is 1.40. The molecular weight excluding hydrogens is 220 g/mol. The second kappa shape index (κ2) is 4.65. The summed E-state index contributed by atoms with van der Waals surface area (Å²) in [6, 6.07) is 5.06. The normalized spacial score (nSPS) is 10.2. The van der Waals surface area contributed by atoms with Crippen LogP contribution in [0, 0.1) is 6.92 Å². The van der Waals surface area contributed by atoms with Crippen molar-refractivity contribution in [2.75, 3.05) is 5.32 Å². The van der Waals surface area contributed by atoms with E-state index in [0.717, 1.165) is 5.56 Å². The summed E-state index contributed by atoms with van der Waals surface area (Å²) in [4.78, 5) is 11.6. The van der Waals surface area contributed by atoms with E-state index in [2.05, 4.69) is 15.6 Å². The fraction of sp³-hybridized carbons (Fsp3) is 0.182. The number of anilines is 1. The van der Waals surface area contributed by atoms with Crippen molar-refractivity contribution < 1.29 is 9.90 Å². The van der Waals surface area contributed by atoms with E-state index in [1.807, 2.05) is 13.0 Å². The molecule has 0 saturated heterocycles. The molecule has 2 N–H and O–H groups in total. The molecular formula is C11H12N4O2. The van der Waals surface area contributed by atoms with E-state index in [4.69, 9.17) is 0 Å². The van der Waals surface area contributed by atoms with Crippen LogP contribution in [0.3, 0.4) is 0 Å². The number of rotatable bonds is 3. The average molecular weight is 232 g/mol. The standard InChI is InChI=1S/C11H12N4O2/c1-8-2-3-9(10(16)6-8)13-11(17)7-15-5-4-12-14-15/h2-6,16H,7H2,1H3,(H,13,17). The van der Waals surface area contributed by atoms with Crippen LogP contribution in [-0.2, 0) is 11.3 Å². The molecule has 0 atom stereocenters. The molecule has 1 amide bonds. The number of aromatic nitrogens is 3. The summed E-state index contributed by atoms with van der Waals surface area (Å²) in [5.41, 5.74) is 1.32. The Kier molecular flexibility index (Phi) is 3.04. The molecule has 0 spiro atoms. The summed E-state index contributed by atoms with van der Waals surface area (Å²) in [5.74, 6) is -0.216. The molecule has 0 aliphatic heterocycles. The van der Waals surface area contributed by atoms with Gasteiger partial charge in [-0.25, -0.2) is 4.68 Å². The minimum Gasteiger partial charge on any atom is -0.506 e. The Hall–Kier alpha value is -2.37. The highest BCUT2D eigenvalue weighted by Gasteiger charge is 2.07.